The van der Waals surface area contributed by atoms with Crippen LogP contribution in [0.5, 0.6) is 0 Å². The summed E-state index contributed by atoms with van der Waals surface area (Å²) in [6.07, 6.45) is -0.736. The molecule has 0 aliphatic rings. The highest BCUT2D eigenvalue weighted by atomic mass is 35.5. The van der Waals surface area contributed by atoms with Gasteiger partial charge in [-0.1, -0.05) is 53.5 Å². The van der Waals surface area contributed by atoms with Gasteiger partial charge < -0.3 is 10.8 Å². The van der Waals surface area contributed by atoms with Crippen molar-refractivity contribution in [2.75, 3.05) is 6.54 Å². The second-order valence-corrected chi connectivity index (χ2v) is 5.20. The van der Waals surface area contributed by atoms with Crippen molar-refractivity contribution in [2.24, 2.45) is 5.73 Å². The zero-order valence-electron chi connectivity index (χ0n) is 10.3. The highest BCUT2D eigenvalue weighted by Gasteiger charge is 2.23. The Hall–Kier alpha value is -1.06. The average Bonchev–Trinajstić information content (AvgIpc) is 2.42. The van der Waals surface area contributed by atoms with Crippen molar-refractivity contribution in [1.82, 2.24) is 0 Å². The summed E-state index contributed by atoms with van der Waals surface area (Å²) >= 11 is 12.0. The first-order chi connectivity index (χ1) is 9.13. The molecule has 2 nitrogen and oxygen atoms in total. The van der Waals surface area contributed by atoms with E-state index in [-0.39, 0.29) is 5.92 Å². The Morgan fingerprint density at radius 3 is 2.21 bits per heavy atom. The predicted molar refractivity (Wildman–Crippen MR) is 79.7 cm³/mol. The highest BCUT2D eigenvalue weighted by Crippen LogP contribution is 2.34. The van der Waals surface area contributed by atoms with E-state index in [1.807, 2.05) is 30.3 Å². The summed E-state index contributed by atoms with van der Waals surface area (Å²) in [6.45, 7) is 0.327. The summed E-state index contributed by atoms with van der Waals surface area (Å²) in [5.74, 6) is -0.211. The number of halogens is 2. The summed E-state index contributed by atoms with van der Waals surface area (Å²) in [4.78, 5) is 0. The fourth-order valence-corrected chi connectivity index (χ4v) is 2.46. The lowest BCUT2D eigenvalue weighted by atomic mass is 9.89. The molecule has 0 aliphatic heterocycles. The van der Waals surface area contributed by atoms with E-state index in [2.05, 4.69) is 0 Å². The summed E-state index contributed by atoms with van der Waals surface area (Å²) in [7, 11) is 0. The molecule has 0 fully saturated rings. The molecule has 0 heterocycles. The fourth-order valence-electron chi connectivity index (χ4n) is 2.09. The van der Waals surface area contributed by atoms with Gasteiger partial charge in [-0.15, -0.1) is 0 Å². The van der Waals surface area contributed by atoms with Crippen LogP contribution in [-0.2, 0) is 0 Å². The molecule has 2 aromatic rings. The third kappa shape index (κ3) is 3.28. The molecule has 100 valence electrons. The number of hydrogen-bond acceptors (Lipinski definition) is 2. The maximum absolute atomic E-state index is 10.5. The topological polar surface area (TPSA) is 46.2 Å². The van der Waals surface area contributed by atoms with Crippen molar-refractivity contribution in [3.05, 3.63) is 69.7 Å². The van der Waals surface area contributed by atoms with Crippen molar-refractivity contribution < 1.29 is 5.11 Å². The molecule has 2 aromatic carbocycles. The Morgan fingerprint density at radius 1 is 1.00 bits per heavy atom. The van der Waals surface area contributed by atoms with Crippen molar-refractivity contribution in [1.29, 1.82) is 0 Å². The first-order valence-electron chi connectivity index (χ1n) is 6.01. The molecule has 0 saturated carbocycles. The molecule has 0 aromatic heterocycles. The lowest BCUT2D eigenvalue weighted by molar-refractivity contribution is 0.147. The molecule has 2 rings (SSSR count). The lowest BCUT2D eigenvalue weighted by Gasteiger charge is -2.23. The van der Waals surface area contributed by atoms with E-state index in [1.165, 1.54) is 0 Å². The summed E-state index contributed by atoms with van der Waals surface area (Å²) in [5, 5.41) is 11.7. The fraction of sp³-hybridized carbons (Fsp3) is 0.200. The molecule has 0 amide bonds. The SMILES string of the molecule is NCC(c1ccc(Cl)cc1)C(O)c1ccccc1Cl. The molecule has 4 heteroatoms. The van der Waals surface area contributed by atoms with Gasteiger partial charge in [0.15, 0.2) is 0 Å². The lowest BCUT2D eigenvalue weighted by Crippen LogP contribution is -2.20. The molecular formula is C15H15Cl2NO. The quantitative estimate of drug-likeness (QED) is 0.902. The third-order valence-corrected chi connectivity index (χ3v) is 3.75. The van der Waals surface area contributed by atoms with E-state index in [1.54, 1.807) is 18.2 Å². The second kappa shape index (κ2) is 6.40. The van der Waals surface area contributed by atoms with Crippen molar-refractivity contribution in [3.63, 3.8) is 0 Å². The number of benzene rings is 2. The normalized spacial score (nSPS) is 14.1. The molecule has 2 unspecified atom stereocenters. The second-order valence-electron chi connectivity index (χ2n) is 4.36. The van der Waals surface area contributed by atoms with Gasteiger partial charge in [-0.2, -0.15) is 0 Å². The summed E-state index contributed by atoms with van der Waals surface area (Å²) in [6, 6.07) is 14.6. The van der Waals surface area contributed by atoms with Gasteiger partial charge in [-0.25, -0.2) is 0 Å². The van der Waals surface area contributed by atoms with Gasteiger partial charge in [0.25, 0.3) is 0 Å². The number of hydrogen-bond donors (Lipinski definition) is 2. The monoisotopic (exact) mass is 295 g/mol. The van der Waals surface area contributed by atoms with Crippen molar-refractivity contribution >= 4 is 23.2 Å². The largest absolute Gasteiger partial charge is 0.388 e. The van der Waals surface area contributed by atoms with Crippen LogP contribution >= 0.6 is 23.2 Å². The van der Waals surface area contributed by atoms with Gasteiger partial charge in [0.1, 0.15) is 0 Å². The molecule has 0 bridgehead atoms. The maximum Gasteiger partial charge on any atom is 0.0885 e. The maximum atomic E-state index is 10.5. The van der Waals surface area contributed by atoms with Crippen molar-refractivity contribution in [2.45, 2.75) is 12.0 Å². The molecular weight excluding hydrogens is 281 g/mol. The van der Waals surface area contributed by atoms with Crippen LogP contribution in [0.15, 0.2) is 48.5 Å². The Balaban J connectivity index is 2.32. The summed E-state index contributed by atoms with van der Waals surface area (Å²) in [5.41, 5.74) is 7.43. The Morgan fingerprint density at radius 2 is 1.63 bits per heavy atom. The number of aliphatic hydroxyl groups is 1. The number of rotatable bonds is 4. The minimum absolute atomic E-state index is 0.211. The predicted octanol–water partition coefficient (Wildman–Crippen LogP) is 3.77. The van der Waals surface area contributed by atoms with E-state index in [0.29, 0.717) is 22.2 Å². The summed E-state index contributed by atoms with van der Waals surface area (Å²) < 4.78 is 0. The van der Waals surface area contributed by atoms with Gasteiger partial charge in [-0.3, -0.25) is 0 Å². The van der Waals surface area contributed by atoms with E-state index in [0.717, 1.165) is 5.56 Å². The zero-order chi connectivity index (χ0) is 13.8. The molecule has 19 heavy (non-hydrogen) atoms. The van der Waals surface area contributed by atoms with E-state index < -0.39 is 6.10 Å². The van der Waals surface area contributed by atoms with Crippen LogP contribution in [0.25, 0.3) is 0 Å². The Labute approximate surface area is 122 Å². The number of nitrogens with two attached hydrogens (primary N) is 1. The van der Waals surface area contributed by atoms with E-state index in [9.17, 15) is 5.11 Å². The van der Waals surface area contributed by atoms with Crippen LogP contribution < -0.4 is 5.73 Å². The van der Waals surface area contributed by atoms with Crippen LogP contribution in [0.2, 0.25) is 10.0 Å². The van der Waals surface area contributed by atoms with Gasteiger partial charge >= 0.3 is 0 Å². The van der Waals surface area contributed by atoms with Crippen LogP contribution in [-0.4, -0.2) is 11.7 Å². The molecule has 0 saturated heterocycles. The molecule has 0 spiro atoms. The van der Waals surface area contributed by atoms with Crippen LogP contribution in [0, 0.1) is 0 Å². The smallest absolute Gasteiger partial charge is 0.0885 e. The Bertz CT molecular complexity index is 542. The standard InChI is InChI=1S/C15H15Cl2NO/c16-11-7-5-10(6-8-11)13(9-18)15(19)12-3-1-2-4-14(12)17/h1-8,13,15,19H,9,18H2. The van der Waals surface area contributed by atoms with E-state index >= 15 is 0 Å². The van der Waals surface area contributed by atoms with Crippen LogP contribution in [0.1, 0.15) is 23.1 Å². The highest BCUT2D eigenvalue weighted by molar-refractivity contribution is 6.31. The number of aliphatic hydroxyl groups excluding tert-OH is 1. The van der Waals surface area contributed by atoms with Crippen molar-refractivity contribution in [3.8, 4) is 0 Å². The van der Waals surface area contributed by atoms with E-state index in [4.69, 9.17) is 28.9 Å². The van der Waals surface area contributed by atoms with Gasteiger partial charge in [0.05, 0.1) is 6.10 Å². The van der Waals surface area contributed by atoms with Crippen LogP contribution in [0.4, 0.5) is 0 Å². The van der Waals surface area contributed by atoms with Gasteiger partial charge in [-0.05, 0) is 29.3 Å². The first-order valence-corrected chi connectivity index (χ1v) is 6.77. The molecule has 2 atom stereocenters. The zero-order valence-corrected chi connectivity index (χ0v) is 11.8. The third-order valence-electron chi connectivity index (χ3n) is 3.16. The van der Waals surface area contributed by atoms with Gasteiger partial charge in [0.2, 0.25) is 0 Å². The minimum Gasteiger partial charge on any atom is -0.388 e. The molecule has 3 N–H and O–H groups in total. The Kier molecular flexibility index (Phi) is 4.83. The minimum atomic E-state index is -0.736. The average molecular weight is 296 g/mol. The molecule has 0 radical (unpaired) electrons. The van der Waals surface area contributed by atoms with Gasteiger partial charge in [0, 0.05) is 22.5 Å². The first kappa shape index (κ1) is 14.4. The molecule has 0 aliphatic carbocycles. The van der Waals surface area contributed by atoms with Crippen LogP contribution in [0.3, 0.4) is 0 Å².